The van der Waals surface area contributed by atoms with Crippen LogP contribution in [0.1, 0.15) is 63.0 Å². The zero-order valence-corrected chi connectivity index (χ0v) is 31.7. The third kappa shape index (κ3) is 8.17. The molecule has 3 aromatic carbocycles. The fourth-order valence-corrected chi connectivity index (χ4v) is 8.60. The average molecular weight is 765 g/mol. The molecular weight excluding hydrogens is 721 g/mol. The first-order valence-electron chi connectivity index (χ1n) is 18.2. The molecule has 2 aromatic heterocycles. The molecule has 1 amide bonds. The van der Waals surface area contributed by atoms with E-state index in [0.717, 1.165) is 11.1 Å². The van der Waals surface area contributed by atoms with Gasteiger partial charge >= 0.3 is 6.09 Å². The van der Waals surface area contributed by atoms with Crippen molar-refractivity contribution in [3.63, 3.8) is 0 Å². The van der Waals surface area contributed by atoms with Crippen LogP contribution in [0, 0.1) is 0 Å². The lowest BCUT2D eigenvalue weighted by Gasteiger charge is -2.31. The van der Waals surface area contributed by atoms with Gasteiger partial charge in [0.25, 0.3) is 0 Å². The second-order valence-corrected chi connectivity index (χ2v) is 16.8. The number of anilines is 2. The van der Waals surface area contributed by atoms with Crippen molar-refractivity contribution >= 4 is 27.8 Å². The number of ether oxygens (including phenoxy) is 2. The first kappa shape index (κ1) is 37.5. The summed E-state index contributed by atoms with van der Waals surface area (Å²) in [6, 6.07) is 24.3. The Labute approximate surface area is 320 Å². The summed E-state index contributed by atoms with van der Waals surface area (Å²) < 4.78 is 41.2. The van der Waals surface area contributed by atoms with E-state index in [0.29, 0.717) is 72.2 Å². The number of para-hydroxylation sites is 2. The molecular formula is C40H44N8O6S. The highest BCUT2D eigenvalue weighted by Crippen LogP contribution is 2.39. The lowest BCUT2D eigenvalue weighted by Crippen LogP contribution is -2.38. The Hall–Kier alpha value is -5.80. The van der Waals surface area contributed by atoms with Crippen molar-refractivity contribution in [1.82, 2.24) is 29.6 Å². The molecule has 2 fully saturated rings. The molecule has 2 aliphatic heterocycles. The summed E-state index contributed by atoms with van der Waals surface area (Å²) in [5.74, 6) is 1.37. The number of sulfonamides is 1. The maximum absolute atomic E-state index is 13.9. The molecule has 286 valence electrons. The van der Waals surface area contributed by atoms with Crippen molar-refractivity contribution in [3.8, 4) is 39.8 Å². The molecule has 5 N–H and O–H groups in total. The highest BCUT2D eigenvalue weighted by Gasteiger charge is 2.33. The monoisotopic (exact) mass is 764 g/mol. The number of phenolic OH excluding ortho intramolecular Hbond substituents is 1. The summed E-state index contributed by atoms with van der Waals surface area (Å²) in [5.41, 5.74) is 15.7. The summed E-state index contributed by atoms with van der Waals surface area (Å²) in [5, 5.41) is 27.3. The predicted molar refractivity (Wildman–Crippen MR) is 208 cm³/mol. The third-order valence-electron chi connectivity index (χ3n) is 9.89. The van der Waals surface area contributed by atoms with Crippen molar-refractivity contribution in [2.45, 2.75) is 62.4 Å². The lowest BCUT2D eigenvalue weighted by atomic mass is 9.90. The Morgan fingerprint density at radius 3 is 2.04 bits per heavy atom. The van der Waals surface area contributed by atoms with Crippen LogP contribution in [-0.4, -0.2) is 81.0 Å². The number of nitrogens with zero attached hydrogens (tertiary/aromatic N) is 6. The van der Waals surface area contributed by atoms with E-state index in [4.69, 9.17) is 20.9 Å². The fraction of sp³-hybridized carbons (Fsp3) is 0.325. The van der Waals surface area contributed by atoms with Gasteiger partial charge in [-0.05, 0) is 94.5 Å². The Morgan fingerprint density at radius 1 is 0.764 bits per heavy atom. The van der Waals surface area contributed by atoms with Crippen molar-refractivity contribution in [3.05, 3.63) is 96.1 Å². The van der Waals surface area contributed by atoms with Gasteiger partial charge in [0.05, 0.1) is 16.3 Å². The van der Waals surface area contributed by atoms with E-state index in [1.165, 1.54) is 10.4 Å². The third-order valence-corrected chi connectivity index (χ3v) is 11.8. The molecule has 14 nitrogen and oxygen atoms in total. The number of nitrogen functional groups attached to an aromatic ring is 2. The van der Waals surface area contributed by atoms with Crippen LogP contribution in [0.25, 0.3) is 22.5 Å². The summed E-state index contributed by atoms with van der Waals surface area (Å²) in [7, 11) is -3.86. The van der Waals surface area contributed by atoms with Gasteiger partial charge in [0, 0.05) is 60.4 Å². The van der Waals surface area contributed by atoms with E-state index in [2.05, 4.69) is 20.4 Å². The number of hydrogen-bond donors (Lipinski definition) is 3. The van der Waals surface area contributed by atoms with Crippen molar-refractivity contribution in [1.29, 1.82) is 0 Å². The SMILES string of the molecule is CC(C)(C)OC(=O)N1CCC(c2cc(-c3ccccc3Oc3cccc(S(=O)(=O)N4CCC(c5cc(-c6ccccc6O)nnc5N)CC4)c3)nnc2N)C1. The number of amides is 1. The largest absolute Gasteiger partial charge is 0.507 e. The standard InChI is InChI=1S/C40H44N8O6S/c1-40(2,3)54-39(50)47-18-15-26(24-47)32-23-34(44-46-38(32)42)30-12-5-7-14-36(30)53-27-9-8-10-28(21-27)55(51,52)48-19-16-25(17-20-48)31-22-33(43-45-37(31)41)29-11-4-6-13-35(29)49/h4-14,21-23,25-26,49H,15-20,24H2,1-3H3,(H2,41,45)(H2,42,46). The Kier molecular flexibility index (Phi) is 10.3. The molecule has 1 atom stereocenters. The van der Waals surface area contributed by atoms with E-state index in [9.17, 15) is 18.3 Å². The van der Waals surface area contributed by atoms with Gasteiger partial charge in [-0.1, -0.05) is 30.3 Å². The van der Waals surface area contributed by atoms with Gasteiger partial charge in [-0.3, -0.25) is 0 Å². The number of phenols is 1. The van der Waals surface area contributed by atoms with Crippen LogP contribution < -0.4 is 16.2 Å². The van der Waals surface area contributed by atoms with E-state index in [-0.39, 0.29) is 47.5 Å². The van der Waals surface area contributed by atoms with E-state index in [1.54, 1.807) is 53.4 Å². The molecule has 7 rings (SSSR count). The number of carbonyl (C=O) groups excluding carboxylic acids is 1. The van der Waals surface area contributed by atoms with Crippen LogP contribution >= 0.6 is 0 Å². The molecule has 15 heteroatoms. The first-order valence-corrected chi connectivity index (χ1v) is 19.6. The number of likely N-dealkylation sites (tertiary alicyclic amines) is 1. The lowest BCUT2D eigenvalue weighted by molar-refractivity contribution is 0.0292. The summed E-state index contributed by atoms with van der Waals surface area (Å²) in [6.45, 7) is 7.05. The smallest absolute Gasteiger partial charge is 0.410 e. The topological polar surface area (TPSA) is 200 Å². The Balaban J connectivity index is 1.05. The molecule has 55 heavy (non-hydrogen) atoms. The number of aromatic nitrogens is 4. The predicted octanol–water partition coefficient (Wildman–Crippen LogP) is 6.56. The van der Waals surface area contributed by atoms with Crippen molar-refractivity contribution < 1.29 is 27.8 Å². The molecule has 2 aliphatic rings. The minimum absolute atomic E-state index is 0.0349. The fourth-order valence-electron chi connectivity index (χ4n) is 7.09. The highest BCUT2D eigenvalue weighted by atomic mass is 32.2. The van der Waals surface area contributed by atoms with E-state index >= 15 is 0 Å². The van der Waals surface area contributed by atoms with Gasteiger partial charge in [-0.15, -0.1) is 20.4 Å². The molecule has 5 aromatic rings. The van der Waals surface area contributed by atoms with Gasteiger partial charge in [0.2, 0.25) is 10.0 Å². The van der Waals surface area contributed by atoms with Crippen LogP contribution in [-0.2, 0) is 14.8 Å². The van der Waals surface area contributed by atoms with E-state index < -0.39 is 15.6 Å². The number of aromatic hydroxyl groups is 1. The van der Waals surface area contributed by atoms with Gasteiger partial charge in [0.1, 0.15) is 34.5 Å². The van der Waals surface area contributed by atoms with Crippen LogP contribution in [0.15, 0.2) is 89.8 Å². The van der Waals surface area contributed by atoms with Crippen LogP contribution in [0.2, 0.25) is 0 Å². The first-order chi connectivity index (χ1) is 26.3. The number of hydrogen-bond acceptors (Lipinski definition) is 12. The molecule has 1 unspecified atom stereocenters. The molecule has 0 bridgehead atoms. The number of rotatable bonds is 8. The normalized spacial score (nSPS) is 16.9. The zero-order chi connectivity index (χ0) is 38.9. The molecule has 0 radical (unpaired) electrons. The van der Waals surface area contributed by atoms with Gasteiger partial charge < -0.3 is 30.9 Å². The minimum Gasteiger partial charge on any atom is -0.507 e. The molecule has 0 saturated carbocycles. The van der Waals surface area contributed by atoms with Gasteiger partial charge in [-0.25, -0.2) is 13.2 Å². The second kappa shape index (κ2) is 15.1. The average Bonchev–Trinajstić information content (AvgIpc) is 3.66. The van der Waals surface area contributed by atoms with Gasteiger partial charge in [-0.2, -0.15) is 4.31 Å². The molecule has 4 heterocycles. The summed E-state index contributed by atoms with van der Waals surface area (Å²) in [6.07, 6.45) is 1.39. The van der Waals surface area contributed by atoms with Crippen LogP contribution in [0.5, 0.6) is 17.2 Å². The number of benzene rings is 3. The Bertz CT molecular complexity index is 2330. The molecule has 2 saturated heterocycles. The van der Waals surface area contributed by atoms with Crippen molar-refractivity contribution in [2.75, 3.05) is 37.6 Å². The number of nitrogens with two attached hydrogens (primary N) is 2. The minimum atomic E-state index is -3.86. The van der Waals surface area contributed by atoms with Crippen LogP contribution in [0.3, 0.4) is 0 Å². The quantitative estimate of drug-likeness (QED) is 0.154. The highest BCUT2D eigenvalue weighted by molar-refractivity contribution is 7.89. The maximum atomic E-state index is 13.9. The molecule has 0 spiro atoms. The van der Waals surface area contributed by atoms with Gasteiger partial charge in [0.15, 0.2) is 0 Å². The second-order valence-electron chi connectivity index (χ2n) is 14.8. The molecule has 0 aliphatic carbocycles. The zero-order valence-electron chi connectivity index (χ0n) is 30.9. The van der Waals surface area contributed by atoms with E-state index in [1.807, 2.05) is 51.1 Å². The van der Waals surface area contributed by atoms with Crippen molar-refractivity contribution in [2.24, 2.45) is 0 Å². The summed E-state index contributed by atoms with van der Waals surface area (Å²) >= 11 is 0. The number of piperidine rings is 1. The summed E-state index contributed by atoms with van der Waals surface area (Å²) in [4.78, 5) is 14.5. The maximum Gasteiger partial charge on any atom is 0.410 e. The Morgan fingerprint density at radius 2 is 1.36 bits per heavy atom. The van der Waals surface area contributed by atoms with Crippen LogP contribution in [0.4, 0.5) is 16.4 Å². The number of carbonyl (C=O) groups is 1.